The van der Waals surface area contributed by atoms with Crippen LogP contribution in [0.25, 0.3) is 0 Å². The highest BCUT2D eigenvalue weighted by Crippen LogP contribution is 2.29. The largest absolute Gasteiger partial charge is 0.384 e. The Morgan fingerprint density at radius 2 is 2.05 bits per heavy atom. The van der Waals surface area contributed by atoms with Gasteiger partial charge in [-0.1, -0.05) is 32.9 Å². The van der Waals surface area contributed by atoms with E-state index in [9.17, 15) is 4.79 Å². The van der Waals surface area contributed by atoms with E-state index in [1.54, 1.807) is 0 Å². The second kappa shape index (κ2) is 5.47. The van der Waals surface area contributed by atoms with E-state index in [2.05, 4.69) is 39.1 Å². The number of hydrogen-bond donors (Lipinski definition) is 1. The summed E-state index contributed by atoms with van der Waals surface area (Å²) in [6.45, 7) is 9.57. The topological polar surface area (TPSA) is 32.3 Å². The number of amides is 1. The summed E-state index contributed by atoms with van der Waals surface area (Å²) >= 11 is 0. The molecule has 0 radical (unpaired) electrons. The van der Waals surface area contributed by atoms with Gasteiger partial charge in [-0.2, -0.15) is 0 Å². The van der Waals surface area contributed by atoms with Crippen molar-refractivity contribution in [1.82, 2.24) is 4.90 Å². The molecular formula is C17H26N2O. The average Bonchev–Trinajstić information content (AvgIpc) is 2.43. The number of hydrogen-bond acceptors (Lipinski definition) is 2. The quantitative estimate of drug-likeness (QED) is 0.894. The minimum absolute atomic E-state index is 0.0761. The fraction of sp³-hybridized carbons (Fsp3) is 0.588. The second-order valence-electron chi connectivity index (χ2n) is 6.83. The average molecular weight is 274 g/mol. The number of aryl methyl sites for hydroxylation is 1. The third-order valence-electron chi connectivity index (χ3n) is 4.46. The van der Waals surface area contributed by atoms with Gasteiger partial charge in [0.15, 0.2) is 0 Å². The molecule has 110 valence electrons. The summed E-state index contributed by atoms with van der Waals surface area (Å²) in [4.78, 5) is 14.7. The molecule has 1 N–H and O–H groups in total. The maximum absolute atomic E-state index is 12.8. The van der Waals surface area contributed by atoms with Crippen LogP contribution >= 0.6 is 0 Å². The van der Waals surface area contributed by atoms with Gasteiger partial charge >= 0.3 is 0 Å². The van der Waals surface area contributed by atoms with Gasteiger partial charge in [-0.05, 0) is 36.8 Å². The van der Waals surface area contributed by atoms with Crippen molar-refractivity contribution in [1.29, 1.82) is 0 Å². The van der Waals surface area contributed by atoms with Crippen LogP contribution in [0, 0.1) is 5.41 Å². The molecule has 3 nitrogen and oxygen atoms in total. The first-order valence-electron chi connectivity index (χ1n) is 7.45. The maximum atomic E-state index is 12.8. The number of nitrogens with one attached hydrogen (secondary N) is 1. The number of anilines is 1. The Labute approximate surface area is 122 Å². The lowest BCUT2D eigenvalue weighted by Gasteiger charge is -2.36. The van der Waals surface area contributed by atoms with Crippen molar-refractivity contribution in [3.63, 3.8) is 0 Å². The maximum Gasteiger partial charge on any atom is 0.255 e. The van der Waals surface area contributed by atoms with Crippen LogP contribution in [-0.4, -0.2) is 30.4 Å². The minimum atomic E-state index is 0.0761. The molecule has 1 amide bonds. The number of nitrogens with zero attached hydrogens (tertiary/aromatic N) is 1. The number of carbonyl (C=O) groups is 1. The zero-order valence-electron chi connectivity index (χ0n) is 13.3. The molecule has 0 fully saturated rings. The zero-order valence-corrected chi connectivity index (χ0v) is 13.3. The number of para-hydroxylation sites is 1. The van der Waals surface area contributed by atoms with Crippen LogP contribution in [0.15, 0.2) is 18.2 Å². The van der Waals surface area contributed by atoms with Gasteiger partial charge in [0.05, 0.1) is 11.3 Å². The van der Waals surface area contributed by atoms with Crippen molar-refractivity contribution in [2.45, 2.75) is 46.6 Å². The fourth-order valence-electron chi connectivity index (χ4n) is 2.63. The molecule has 1 aromatic carbocycles. The Morgan fingerprint density at radius 1 is 1.35 bits per heavy atom. The van der Waals surface area contributed by atoms with Gasteiger partial charge < -0.3 is 10.2 Å². The first kappa shape index (κ1) is 14.9. The standard InChI is InChI=1S/C17H26N2O/c1-12(17(2,3)4)19(5)16(20)14-10-6-8-13-9-7-11-18-15(13)14/h6,8,10,12,18H,7,9,11H2,1-5H3. The molecule has 1 aliphatic rings. The number of carbonyl (C=O) groups excluding carboxylic acids is 1. The molecule has 1 unspecified atom stereocenters. The van der Waals surface area contributed by atoms with Crippen LogP contribution in [-0.2, 0) is 6.42 Å². The van der Waals surface area contributed by atoms with E-state index in [4.69, 9.17) is 0 Å². The summed E-state index contributed by atoms with van der Waals surface area (Å²) < 4.78 is 0. The molecule has 3 heteroatoms. The van der Waals surface area contributed by atoms with Crippen LogP contribution in [0.3, 0.4) is 0 Å². The molecule has 0 saturated heterocycles. The Morgan fingerprint density at radius 3 is 2.70 bits per heavy atom. The van der Waals surface area contributed by atoms with Crippen molar-refractivity contribution in [2.24, 2.45) is 5.41 Å². The van der Waals surface area contributed by atoms with Crippen LogP contribution in [0.5, 0.6) is 0 Å². The Balaban J connectivity index is 2.30. The van der Waals surface area contributed by atoms with E-state index in [1.807, 2.05) is 24.1 Å². The van der Waals surface area contributed by atoms with Gasteiger partial charge in [0.25, 0.3) is 5.91 Å². The summed E-state index contributed by atoms with van der Waals surface area (Å²) in [7, 11) is 1.90. The highest BCUT2D eigenvalue weighted by Gasteiger charge is 2.29. The summed E-state index contributed by atoms with van der Waals surface area (Å²) in [5, 5.41) is 3.40. The smallest absolute Gasteiger partial charge is 0.255 e. The van der Waals surface area contributed by atoms with E-state index in [-0.39, 0.29) is 17.4 Å². The molecule has 0 bridgehead atoms. The van der Waals surface area contributed by atoms with Gasteiger partial charge in [-0.3, -0.25) is 4.79 Å². The molecule has 0 saturated carbocycles. The normalized spacial score (nSPS) is 16.1. The summed E-state index contributed by atoms with van der Waals surface area (Å²) in [6.07, 6.45) is 2.20. The van der Waals surface area contributed by atoms with E-state index >= 15 is 0 Å². The third-order valence-corrected chi connectivity index (χ3v) is 4.46. The van der Waals surface area contributed by atoms with Gasteiger partial charge in [-0.25, -0.2) is 0 Å². The molecule has 20 heavy (non-hydrogen) atoms. The third kappa shape index (κ3) is 2.82. The Hall–Kier alpha value is -1.51. The zero-order chi connectivity index (χ0) is 14.9. The van der Waals surface area contributed by atoms with Crippen molar-refractivity contribution >= 4 is 11.6 Å². The lowest BCUT2D eigenvalue weighted by Crippen LogP contribution is -2.43. The summed E-state index contributed by atoms with van der Waals surface area (Å²) in [6, 6.07) is 6.24. The van der Waals surface area contributed by atoms with Gasteiger partial charge in [-0.15, -0.1) is 0 Å². The minimum Gasteiger partial charge on any atom is -0.384 e. The second-order valence-corrected chi connectivity index (χ2v) is 6.83. The van der Waals surface area contributed by atoms with Crippen molar-refractivity contribution < 1.29 is 4.79 Å². The lowest BCUT2D eigenvalue weighted by atomic mass is 9.86. The predicted octanol–water partition coefficient (Wildman–Crippen LogP) is 3.55. The van der Waals surface area contributed by atoms with Crippen molar-refractivity contribution in [3.05, 3.63) is 29.3 Å². The monoisotopic (exact) mass is 274 g/mol. The lowest BCUT2D eigenvalue weighted by molar-refractivity contribution is 0.0630. The summed E-state index contributed by atoms with van der Waals surface area (Å²) in [5.74, 6) is 0.110. The molecule has 1 atom stereocenters. The Kier molecular flexibility index (Phi) is 4.07. The molecule has 1 heterocycles. The molecule has 0 spiro atoms. The van der Waals surface area contributed by atoms with Crippen LogP contribution in [0.2, 0.25) is 0 Å². The molecular weight excluding hydrogens is 248 g/mol. The Bertz CT molecular complexity index is 502. The predicted molar refractivity (Wildman–Crippen MR) is 84.3 cm³/mol. The number of benzene rings is 1. The fourth-order valence-corrected chi connectivity index (χ4v) is 2.63. The van der Waals surface area contributed by atoms with Crippen molar-refractivity contribution in [3.8, 4) is 0 Å². The molecule has 1 aliphatic heterocycles. The number of fused-ring (bicyclic) bond motifs is 1. The highest BCUT2D eigenvalue weighted by molar-refractivity contribution is 6.00. The van der Waals surface area contributed by atoms with Crippen LogP contribution < -0.4 is 5.32 Å². The molecule has 1 aromatic rings. The molecule has 0 aromatic heterocycles. The molecule has 2 rings (SSSR count). The van der Waals surface area contributed by atoms with Gasteiger partial charge in [0, 0.05) is 19.6 Å². The number of rotatable bonds is 2. The van der Waals surface area contributed by atoms with Crippen molar-refractivity contribution in [2.75, 3.05) is 18.9 Å². The highest BCUT2D eigenvalue weighted by atomic mass is 16.2. The SMILES string of the molecule is CC(N(C)C(=O)c1cccc2c1NCCC2)C(C)(C)C. The first-order valence-corrected chi connectivity index (χ1v) is 7.45. The van der Waals surface area contributed by atoms with Crippen LogP contribution in [0.1, 0.15) is 50.0 Å². The van der Waals surface area contributed by atoms with E-state index in [1.165, 1.54) is 5.56 Å². The van der Waals surface area contributed by atoms with Crippen LogP contribution in [0.4, 0.5) is 5.69 Å². The van der Waals surface area contributed by atoms with Gasteiger partial charge in [0.2, 0.25) is 0 Å². The van der Waals surface area contributed by atoms with E-state index < -0.39 is 0 Å². The molecule has 0 aliphatic carbocycles. The van der Waals surface area contributed by atoms with E-state index in [0.29, 0.717) is 0 Å². The summed E-state index contributed by atoms with van der Waals surface area (Å²) in [5.41, 5.74) is 3.18. The first-order chi connectivity index (χ1) is 9.32. The van der Waals surface area contributed by atoms with Gasteiger partial charge in [0.1, 0.15) is 0 Å². The van der Waals surface area contributed by atoms with E-state index in [0.717, 1.165) is 30.6 Å².